The topological polar surface area (TPSA) is 117 Å². The number of alkyl carbamates (subject to hydrolysis) is 1. The Morgan fingerprint density at radius 1 is 0.933 bits per heavy atom. The maximum absolute atomic E-state index is 14.1. The van der Waals surface area contributed by atoms with Gasteiger partial charge in [-0.3, -0.25) is 9.59 Å². The molecule has 2 atom stereocenters. The highest BCUT2D eigenvalue weighted by atomic mass is 16.6. The SMILES string of the molecule is CCC(C)C(NC(=O)c1cccc(CNC(=O)OC(C)(C)C)c1)C(=O)N(CCCOc1ccccc1)CCc1ccccc1O. The molecule has 3 N–H and O–H groups in total. The zero-order valence-corrected chi connectivity index (χ0v) is 27.0. The van der Waals surface area contributed by atoms with E-state index in [4.69, 9.17) is 9.47 Å². The quantitative estimate of drug-likeness (QED) is 0.178. The Hall–Kier alpha value is -4.53. The summed E-state index contributed by atoms with van der Waals surface area (Å²) in [7, 11) is 0. The number of benzene rings is 3. The van der Waals surface area contributed by atoms with Crippen molar-refractivity contribution >= 4 is 17.9 Å². The number of nitrogens with zero attached hydrogens (tertiary/aromatic N) is 1. The highest BCUT2D eigenvalue weighted by molar-refractivity contribution is 5.97. The average molecular weight is 618 g/mol. The number of ether oxygens (including phenoxy) is 2. The summed E-state index contributed by atoms with van der Waals surface area (Å²) in [6.07, 6.45) is 1.19. The molecule has 9 nitrogen and oxygen atoms in total. The van der Waals surface area contributed by atoms with E-state index in [1.165, 1.54) is 0 Å². The molecule has 0 bridgehead atoms. The molecule has 0 radical (unpaired) electrons. The summed E-state index contributed by atoms with van der Waals surface area (Å²) in [5.41, 5.74) is 1.24. The van der Waals surface area contributed by atoms with Crippen molar-refractivity contribution in [1.82, 2.24) is 15.5 Å². The van der Waals surface area contributed by atoms with Crippen LogP contribution in [-0.2, 0) is 22.5 Å². The number of aromatic hydroxyl groups is 1. The van der Waals surface area contributed by atoms with Crippen molar-refractivity contribution in [3.05, 3.63) is 95.6 Å². The Morgan fingerprint density at radius 3 is 2.33 bits per heavy atom. The number of para-hydroxylation sites is 2. The summed E-state index contributed by atoms with van der Waals surface area (Å²) in [6.45, 7) is 10.7. The maximum Gasteiger partial charge on any atom is 0.407 e. The molecule has 3 aromatic rings. The lowest BCUT2D eigenvalue weighted by atomic mass is 9.96. The second-order valence-electron chi connectivity index (χ2n) is 12.1. The number of phenolic OH excluding ortho intramolecular Hbond substituents is 1. The Balaban J connectivity index is 1.72. The average Bonchev–Trinajstić information content (AvgIpc) is 3.02. The lowest BCUT2D eigenvalue weighted by Crippen LogP contribution is -2.52. The van der Waals surface area contributed by atoms with E-state index >= 15 is 0 Å². The van der Waals surface area contributed by atoms with Crippen LogP contribution in [0.25, 0.3) is 0 Å². The molecule has 9 heteroatoms. The number of amides is 3. The van der Waals surface area contributed by atoms with Gasteiger partial charge in [-0.1, -0.05) is 68.8 Å². The van der Waals surface area contributed by atoms with Gasteiger partial charge in [0.25, 0.3) is 5.91 Å². The Labute approximate surface area is 266 Å². The van der Waals surface area contributed by atoms with Gasteiger partial charge in [0.2, 0.25) is 5.91 Å². The van der Waals surface area contributed by atoms with Crippen LogP contribution in [0.4, 0.5) is 4.79 Å². The summed E-state index contributed by atoms with van der Waals surface area (Å²) in [6, 6.07) is 22.8. The molecule has 45 heavy (non-hydrogen) atoms. The van der Waals surface area contributed by atoms with Crippen molar-refractivity contribution in [2.75, 3.05) is 19.7 Å². The maximum atomic E-state index is 14.1. The van der Waals surface area contributed by atoms with Crippen molar-refractivity contribution in [3.8, 4) is 11.5 Å². The molecule has 3 amide bonds. The third-order valence-electron chi connectivity index (χ3n) is 7.33. The summed E-state index contributed by atoms with van der Waals surface area (Å²) in [5.74, 6) is 0.256. The van der Waals surface area contributed by atoms with Crippen molar-refractivity contribution in [2.45, 2.75) is 72.1 Å². The number of nitrogens with one attached hydrogen (secondary N) is 2. The minimum atomic E-state index is -0.759. The number of hydrogen-bond acceptors (Lipinski definition) is 6. The number of phenols is 1. The smallest absolute Gasteiger partial charge is 0.407 e. The predicted octanol–water partition coefficient (Wildman–Crippen LogP) is 6.10. The molecule has 242 valence electrons. The molecule has 0 saturated heterocycles. The third-order valence-corrected chi connectivity index (χ3v) is 7.33. The third kappa shape index (κ3) is 11.8. The predicted molar refractivity (Wildman–Crippen MR) is 175 cm³/mol. The van der Waals surface area contributed by atoms with Crippen molar-refractivity contribution in [2.24, 2.45) is 5.92 Å². The highest BCUT2D eigenvalue weighted by Crippen LogP contribution is 2.19. The molecular formula is C36H47N3O6. The van der Waals surface area contributed by atoms with E-state index < -0.39 is 17.7 Å². The lowest BCUT2D eigenvalue weighted by Gasteiger charge is -2.31. The van der Waals surface area contributed by atoms with Crippen molar-refractivity contribution < 1.29 is 29.0 Å². The van der Waals surface area contributed by atoms with E-state index in [1.54, 1.807) is 56.0 Å². The van der Waals surface area contributed by atoms with E-state index in [0.717, 1.165) is 16.9 Å². The first-order chi connectivity index (χ1) is 21.5. The fourth-order valence-corrected chi connectivity index (χ4v) is 4.69. The molecule has 0 spiro atoms. The first-order valence-corrected chi connectivity index (χ1v) is 15.6. The molecule has 0 aliphatic heterocycles. The van der Waals surface area contributed by atoms with Gasteiger partial charge >= 0.3 is 6.09 Å². The molecule has 0 heterocycles. The van der Waals surface area contributed by atoms with Crippen LogP contribution in [0.2, 0.25) is 0 Å². The highest BCUT2D eigenvalue weighted by Gasteiger charge is 2.30. The number of rotatable bonds is 15. The second kappa shape index (κ2) is 17.1. The van der Waals surface area contributed by atoms with Gasteiger partial charge in [0.1, 0.15) is 23.1 Å². The minimum absolute atomic E-state index is 0.133. The van der Waals surface area contributed by atoms with Crippen LogP contribution in [-0.4, -0.2) is 59.3 Å². The van der Waals surface area contributed by atoms with Crippen LogP contribution < -0.4 is 15.4 Å². The van der Waals surface area contributed by atoms with Crippen LogP contribution in [0.1, 0.15) is 68.9 Å². The van der Waals surface area contributed by atoms with E-state index in [1.807, 2.05) is 62.4 Å². The Kier molecular flexibility index (Phi) is 13.3. The van der Waals surface area contributed by atoms with Crippen LogP contribution in [0.3, 0.4) is 0 Å². The molecule has 0 fully saturated rings. The first kappa shape index (κ1) is 35.0. The molecule has 0 saturated carbocycles. The van der Waals surface area contributed by atoms with Gasteiger partial charge in [0.15, 0.2) is 0 Å². The largest absolute Gasteiger partial charge is 0.508 e. The van der Waals surface area contributed by atoms with Crippen molar-refractivity contribution in [3.63, 3.8) is 0 Å². The molecule has 3 aromatic carbocycles. The summed E-state index contributed by atoms with van der Waals surface area (Å²) < 4.78 is 11.2. The summed E-state index contributed by atoms with van der Waals surface area (Å²) >= 11 is 0. The standard InChI is InChI=1S/C36H47N3O6/c1-6-26(2)32(38-33(41)29-16-12-14-27(24-29)25-37-35(43)45-36(3,4)5)34(42)39(22-20-28-15-10-11-19-31(28)40)21-13-23-44-30-17-8-7-9-18-30/h7-12,14-19,24,26,32,40H,6,13,20-23,25H2,1-5H3,(H,37,43)(H,38,41). The van der Waals surface area contributed by atoms with E-state index in [2.05, 4.69) is 10.6 Å². The van der Waals surface area contributed by atoms with Gasteiger partial charge in [-0.05, 0) is 81.0 Å². The summed E-state index contributed by atoms with van der Waals surface area (Å²) in [4.78, 5) is 41.4. The fourth-order valence-electron chi connectivity index (χ4n) is 4.69. The Bertz CT molecular complexity index is 1390. The van der Waals surface area contributed by atoms with E-state index in [0.29, 0.717) is 44.5 Å². The van der Waals surface area contributed by atoms with Gasteiger partial charge in [-0.2, -0.15) is 0 Å². The number of carbonyl (C=O) groups is 3. The van der Waals surface area contributed by atoms with Crippen LogP contribution >= 0.6 is 0 Å². The molecule has 0 aromatic heterocycles. The van der Waals surface area contributed by atoms with E-state index in [9.17, 15) is 19.5 Å². The second-order valence-corrected chi connectivity index (χ2v) is 12.1. The fraction of sp³-hybridized carbons (Fsp3) is 0.417. The first-order valence-electron chi connectivity index (χ1n) is 15.6. The van der Waals surface area contributed by atoms with Gasteiger partial charge in [-0.15, -0.1) is 0 Å². The van der Waals surface area contributed by atoms with Crippen molar-refractivity contribution in [1.29, 1.82) is 0 Å². The summed E-state index contributed by atoms with van der Waals surface area (Å²) in [5, 5.41) is 16.0. The molecule has 2 unspecified atom stereocenters. The van der Waals surface area contributed by atoms with Gasteiger partial charge in [0, 0.05) is 25.2 Å². The monoisotopic (exact) mass is 617 g/mol. The zero-order valence-electron chi connectivity index (χ0n) is 27.0. The van der Waals surface area contributed by atoms with Gasteiger partial charge in [-0.25, -0.2) is 4.79 Å². The molecule has 0 aliphatic carbocycles. The van der Waals surface area contributed by atoms with Gasteiger partial charge < -0.3 is 30.1 Å². The zero-order chi connectivity index (χ0) is 32.8. The lowest BCUT2D eigenvalue weighted by molar-refractivity contribution is -0.134. The Morgan fingerprint density at radius 2 is 1.64 bits per heavy atom. The van der Waals surface area contributed by atoms with Crippen LogP contribution in [0.5, 0.6) is 11.5 Å². The van der Waals surface area contributed by atoms with Crippen LogP contribution in [0, 0.1) is 5.92 Å². The minimum Gasteiger partial charge on any atom is -0.508 e. The molecular weight excluding hydrogens is 570 g/mol. The van der Waals surface area contributed by atoms with E-state index in [-0.39, 0.29) is 30.0 Å². The molecule has 3 rings (SSSR count). The number of carbonyl (C=O) groups excluding carboxylic acids is 3. The molecule has 0 aliphatic rings. The number of hydrogen-bond donors (Lipinski definition) is 3. The normalized spacial score (nSPS) is 12.5. The van der Waals surface area contributed by atoms with Crippen LogP contribution in [0.15, 0.2) is 78.9 Å². The van der Waals surface area contributed by atoms with Gasteiger partial charge in [0.05, 0.1) is 6.61 Å².